The molecule has 3 rings (SSSR count). The Labute approximate surface area is 142 Å². The molecule has 3 heteroatoms. The van der Waals surface area contributed by atoms with Crippen LogP contribution >= 0.6 is 0 Å². The molecule has 2 aromatic rings. The Morgan fingerprint density at radius 1 is 1.17 bits per heavy atom. The van der Waals surface area contributed by atoms with Crippen LogP contribution < -0.4 is 10.1 Å². The highest BCUT2D eigenvalue weighted by Gasteiger charge is 2.11. The molecule has 1 aliphatic rings. The van der Waals surface area contributed by atoms with E-state index in [1.165, 1.54) is 5.57 Å². The van der Waals surface area contributed by atoms with Crippen molar-refractivity contribution in [2.75, 3.05) is 13.2 Å². The quantitative estimate of drug-likeness (QED) is 0.911. The first-order valence-corrected chi connectivity index (χ1v) is 8.16. The van der Waals surface area contributed by atoms with Crippen molar-refractivity contribution >= 4 is 18.1 Å². The maximum Gasteiger partial charge on any atom is 0.251 e. The summed E-state index contributed by atoms with van der Waals surface area (Å²) in [6.45, 7) is 5.21. The van der Waals surface area contributed by atoms with Gasteiger partial charge >= 0.3 is 0 Å². The largest absolute Gasteiger partial charge is 0.488 e. The SMILES string of the molecule is CCNC(=O)c1ccc(/C=C(\C)C2=Cc3ccccc3OC2)cc1. The van der Waals surface area contributed by atoms with E-state index in [2.05, 4.69) is 30.5 Å². The van der Waals surface area contributed by atoms with E-state index in [0.29, 0.717) is 18.7 Å². The fraction of sp³-hybridized carbons (Fsp3) is 0.190. The lowest BCUT2D eigenvalue weighted by molar-refractivity contribution is 0.0956. The zero-order valence-corrected chi connectivity index (χ0v) is 14.0. The van der Waals surface area contributed by atoms with Gasteiger partial charge in [-0.2, -0.15) is 0 Å². The van der Waals surface area contributed by atoms with Crippen molar-refractivity contribution in [2.45, 2.75) is 13.8 Å². The Morgan fingerprint density at radius 2 is 1.92 bits per heavy atom. The second-order valence-electron chi connectivity index (χ2n) is 5.80. The second-order valence-corrected chi connectivity index (χ2v) is 5.80. The van der Waals surface area contributed by atoms with Crippen molar-refractivity contribution in [1.82, 2.24) is 5.32 Å². The van der Waals surface area contributed by atoms with Crippen LogP contribution in [0, 0.1) is 0 Å². The van der Waals surface area contributed by atoms with Crippen LogP contribution in [0.5, 0.6) is 5.75 Å². The van der Waals surface area contributed by atoms with Gasteiger partial charge in [0.15, 0.2) is 0 Å². The molecule has 1 amide bonds. The Morgan fingerprint density at radius 3 is 2.67 bits per heavy atom. The summed E-state index contributed by atoms with van der Waals surface area (Å²) in [6.07, 6.45) is 4.29. The average Bonchev–Trinajstić information content (AvgIpc) is 2.62. The molecule has 1 N–H and O–H groups in total. The van der Waals surface area contributed by atoms with Gasteiger partial charge in [0.2, 0.25) is 0 Å². The smallest absolute Gasteiger partial charge is 0.251 e. The van der Waals surface area contributed by atoms with Crippen LogP contribution in [-0.2, 0) is 0 Å². The molecule has 0 radical (unpaired) electrons. The number of rotatable bonds is 4. The zero-order chi connectivity index (χ0) is 16.9. The van der Waals surface area contributed by atoms with Crippen LogP contribution in [0.4, 0.5) is 0 Å². The number of hydrogen-bond acceptors (Lipinski definition) is 2. The number of nitrogens with one attached hydrogen (secondary N) is 1. The molecule has 0 fully saturated rings. The van der Waals surface area contributed by atoms with Crippen molar-refractivity contribution in [3.63, 3.8) is 0 Å². The summed E-state index contributed by atoms with van der Waals surface area (Å²) in [5, 5.41) is 2.80. The monoisotopic (exact) mass is 319 g/mol. The fourth-order valence-corrected chi connectivity index (χ4v) is 2.68. The van der Waals surface area contributed by atoms with Crippen LogP contribution in [-0.4, -0.2) is 19.1 Å². The van der Waals surface area contributed by atoms with Gasteiger partial charge in [0.25, 0.3) is 5.91 Å². The molecule has 0 unspecified atom stereocenters. The highest BCUT2D eigenvalue weighted by atomic mass is 16.5. The predicted octanol–water partition coefficient (Wildman–Crippen LogP) is 4.32. The first-order valence-electron chi connectivity index (χ1n) is 8.16. The third-order valence-electron chi connectivity index (χ3n) is 4.03. The van der Waals surface area contributed by atoms with Crippen molar-refractivity contribution in [1.29, 1.82) is 0 Å². The van der Waals surface area contributed by atoms with E-state index in [9.17, 15) is 4.79 Å². The Hall–Kier alpha value is -2.81. The van der Waals surface area contributed by atoms with Gasteiger partial charge in [0.1, 0.15) is 12.4 Å². The molecule has 0 atom stereocenters. The first kappa shape index (κ1) is 16.1. The third kappa shape index (κ3) is 3.57. The van der Waals surface area contributed by atoms with Crippen LogP contribution in [0.15, 0.2) is 59.7 Å². The number of amides is 1. The average molecular weight is 319 g/mol. The lowest BCUT2D eigenvalue weighted by Crippen LogP contribution is -2.22. The molecule has 1 aliphatic heterocycles. The minimum atomic E-state index is -0.0373. The van der Waals surface area contributed by atoms with Gasteiger partial charge in [0.05, 0.1) is 0 Å². The van der Waals surface area contributed by atoms with Crippen LogP contribution in [0.2, 0.25) is 0 Å². The zero-order valence-electron chi connectivity index (χ0n) is 14.0. The van der Waals surface area contributed by atoms with E-state index in [-0.39, 0.29) is 5.91 Å². The Balaban J connectivity index is 1.79. The van der Waals surface area contributed by atoms with Gasteiger partial charge in [-0.15, -0.1) is 0 Å². The maximum absolute atomic E-state index is 11.8. The maximum atomic E-state index is 11.8. The highest BCUT2D eigenvalue weighted by Crippen LogP contribution is 2.29. The lowest BCUT2D eigenvalue weighted by atomic mass is 9.99. The van der Waals surface area contributed by atoms with Crippen LogP contribution in [0.3, 0.4) is 0 Å². The number of para-hydroxylation sites is 1. The summed E-state index contributed by atoms with van der Waals surface area (Å²) in [5.74, 6) is 0.894. The van der Waals surface area contributed by atoms with E-state index < -0.39 is 0 Å². The van der Waals surface area contributed by atoms with E-state index in [4.69, 9.17) is 4.74 Å². The number of hydrogen-bond donors (Lipinski definition) is 1. The molecule has 24 heavy (non-hydrogen) atoms. The minimum absolute atomic E-state index is 0.0373. The van der Waals surface area contributed by atoms with Crippen molar-refractivity contribution in [3.8, 4) is 5.75 Å². The normalized spacial score (nSPS) is 13.6. The van der Waals surface area contributed by atoms with E-state index in [1.54, 1.807) is 0 Å². The van der Waals surface area contributed by atoms with Gasteiger partial charge in [-0.1, -0.05) is 36.4 Å². The molecule has 0 saturated carbocycles. The highest BCUT2D eigenvalue weighted by molar-refractivity contribution is 5.94. The molecule has 0 saturated heterocycles. The van der Waals surface area contributed by atoms with Gasteiger partial charge in [-0.25, -0.2) is 0 Å². The number of carbonyl (C=O) groups excluding carboxylic acids is 1. The van der Waals surface area contributed by atoms with E-state index >= 15 is 0 Å². The first-order chi connectivity index (χ1) is 11.7. The van der Waals surface area contributed by atoms with Crippen molar-refractivity contribution < 1.29 is 9.53 Å². The molecular formula is C21H21NO2. The summed E-state index contributed by atoms with van der Waals surface area (Å²) in [6, 6.07) is 15.7. The molecular weight excluding hydrogens is 298 g/mol. The van der Waals surface area contributed by atoms with E-state index in [0.717, 1.165) is 22.4 Å². The number of ether oxygens (including phenoxy) is 1. The molecule has 0 spiro atoms. The van der Waals surface area contributed by atoms with Gasteiger partial charge in [-0.3, -0.25) is 4.79 Å². The predicted molar refractivity (Wildman–Crippen MR) is 98.0 cm³/mol. The summed E-state index contributed by atoms with van der Waals surface area (Å²) < 4.78 is 5.81. The number of carbonyl (C=O) groups is 1. The molecule has 2 aromatic carbocycles. The number of fused-ring (bicyclic) bond motifs is 1. The minimum Gasteiger partial charge on any atom is -0.488 e. The third-order valence-corrected chi connectivity index (χ3v) is 4.03. The lowest BCUT2D eigenvalue weighted by Gasteiger charge is -2.18. The van der Waals surface area contributed by atoms with Crippen LogP contribution in [0.25, 0.3) is 12.2 Å². The summed E-state index contributed by atoms with van der Waals surface area (Å²) in [4.78, 5) is 11.8. The van der Waals surface area contributed by atoms with E-state index in [1.807, 2.05) is 49.4 Å². The molecule has 1 heterocycles. The molecule has 0 aromatic heterocycles. The topological polar surface area (TPSA) is 38.3 Å². The summed E-state index contributed by atoms with van der Waals surface area (Å²) >= 11 is 0. The standard InChI is InChI=1S/C21H21NO2/c1-3-22-21(23)17-10-8-16(9-11-17)12-15(2)19-13-18-6-4-5-7-20(18)24-14-19/h4-13H,3,14H2,1-2H3,(H,22,23)/b15-12+. The van der Waals surface area contributed by atoms with Crippen LogP contribution in [0.1, 0.15) is 35.3 Å². The molecule has 3 nitrogen and oxygen atoms in total. The van der Waals surface area contributed by atoms with Gasteiger partial charge in [0, 0.05) is 17.7 Å². The van der Waals surface area contributed by atoms with Crippen molar-refractivity contribution in [3.05, 3.63) is 76.4 Å². The summed E-state index contributed by atoms with van der Waals surface area (Å²) in [5.41, 5.74) is 5.19. The molecule has 0 bridgehead atoms. The van der Waals surface area contributed by atoms with Crippen molar-refractivity contribution in [2.24, 2.45) is 0 Å². The summed E-state index contributed by atoms with van der Waals surface area (Å²) in [7, 11) is 0. The fourth-order valence-electron chi connectivity index (χ4n) is 2.68. The Bertz CT molecular complexity index is 801. The van der Waals surface area contributed by atoms with Gasteiger partial charge < -0.3 is 10.1 Å². The molecule has 122 valence electrons. The Kier molecular flexibility index (Phi) is 4.80. The van der Waals surface area contributed by atoms with Gasteiger partial charge in [-0.05, 0) is 54.8 Å². The molecule has 0 aliphatic carbocycles. The second kappa shape index (κ2) is 7.18. The number of benzene rings is 2.